The van der Waals surface area contributed by atoms with E-state index < -0.39 is 0 Å². The average Bonchev–Trinajstić information content (AvgIpc) is 3.44. The summed E-state index contributed by atoms with van der Waals surface area (Å²) in [6, 6.07) is 14.1. The zero-order valence-electron chi connectivity index (χ0n) is 14.0. The minimum absolute atomic E-state index is 0.118. The molecule has 0 saturated heterocycles. The van der Waals surface area contributed by atoms with Gasteiger partial charge in [0.1, 0.15) is 11.5 Å². The maximum atomic E-state index is 12.0. The van der Waals surface area contributed by atoms with Crippen LogP contribution in [0.3, 0.4) is 0 Å². The Kier molecular flexibility index (Phi) is 5.18. The summed E-state index contributed by atoms with van der Waals surface area (Å²) in [7, 11) is 1.59. The van der Waals surface area contributed by atoms with Crippen molar-refractivity contribution in [2.45, 2.75) is 18.9 Å². The third-order valence-electron chi connectivity index (χ3n) is 3.75. The Hall–Kier alpha value is -3.02. The minimum atomic E-state index is -0.296. The second-order valence-electron chi connectivity index (χ2n) is 5.84. The van der Waals surface area contributed by atoms with Gasteiger partial charge in [0.2, 0.25) is 0 Å². The molecule has 130 valence electrons. The van der Waals surface area contributed by atoms with Crippen molar-refractivity contribution in [1.29, 1.82) is 0 Å². The Labute approximate surface area is 146 Å². The van der Waals surface area contributed by atoms with Gasteiger partial charge in [0.25, 0.3) is 11.8 Å². The third kappa shape index (κ3) is 4.97. The Balaban J connectivity index is 1.52. The number of anilines is 1. The highest BCUT2D eigenvalue weighted by Gasteiger charge is 2.23. The van der Waals surface area contributed by atoms with Crippen LogP contribution in [0.5, 0.6) is 11.5 Å². The van der Waals surface area contributed by atoms with Crippen molar-refractivity contribution < 1.29 is 19.1 Å². The third-order valence-corrected chi connectivity index (χ3v) is 3.75. The Morgan fingerprint density at radius 1 is 1.08 bits per heavy atom. The second kappa shape index (κ2) is 7.70. The Bertz CT molecular complexity index is 754. The molecular weight excluding hydrogens is 320 g/mol. The van der Waals surface area contributed by atoms with Crippen molar-refractivity contribution in [3.63, 3.8) is 0 Å². The smallest absolute Gasteiger partial charge is 0.262 e. The summed E-state index contributed by atoms with van der Waals surface area (Å²) in [5.74, 6) is 0.884. The molecule has 1 fully saturated rings. The normalized spacial score (nSPS) is 13.0. The molecule has 2 N–H and O–H groups in total. The molecule has 0 spiro atoms. The number of benzene rings is 2. The first kappa shape index (κ1) is 16.8. The van der Waals surface area contributed by atoms with E-state index in [1.54, 1.807) is 55.6 Å². The number of carbonyl (C=O) groups excluding carboxylic acids is 2. The van der Waals surface area contributed by atoms with Crippen molar-refractivity contribution in [3.05, 3.63) is 54.1 Å². The molecule has 6 heteroatoms. The van der Waals surface area contributed by atoms with Gasteiger partial charge in [0.05, 0.1) is 7.11 Å². The van der Waals surface area contributed by atoms with Gasteiger partial charge in [-0.05, 0) is 55.3 Å². The predicted molar refractivity (Wildman–Crippen MR) is 94.0 cm³/mol. The van der Waals surface area contributed by atoms with Crippen LogP contribution < -0.4 is 20.1 Å². The van der Waals surface area contributed by atoms with Crippen LogP contribution in [-0.4, -0.2) is 31.6 Å². The molecule has 1 aliphatic rings. The molecule has 2 amide bonds. The lowest BCUT2D eigenvalue weighted by Gasteiger charge is -2.09. The second-order valence-corrected chi connectivity index (χ2v) is 5.84. The molecule has 1 aliphatic carbocycles. The fourth-order valence-corrected chi connectivity index (χ4v) is 2.25. The highest BCUT2D eigenvalue weighted by molar-refractivity contribution is 5.97. The van der Waals surface area contributed by atoms with E-state index in [1.807, 2.05) is 0 Å². The number of nitrogens with one attached hydrogen (secondary N) is 2. The molecule has 0 atom stereocenters. The van der Waals surface area contributed by atoms with Gasteiger partial charge in [-0.3, -0.25) is 9.59 Å². The maximum absolute atomic E-state index is 12.0. The number of hydrogen-bond donors (Lipinski definition) is 2. The van der Waals surface area contributed by atoms with Crippen LogP contribution in [0.4, 0.5) is 5.69 Å². The van der Waals surface area contributed by atoms with Crippen LogP contribution in [-0.2, 0) is 4.79 Å². The summed E-state index contributed by atoms with van der Waals surface area (Å²) in [4.78, 5) is 24.1. The van der Waals surface area contributed by atoms with Crippen LogP contribution >= 0.6 is 0 Å². The molecule has 2 aromatic carbocycles. The van der Waals surface area contributed by atoms with Crippen molar-refractivity contribution in [2.75, 3.05) is 19.0 Å². The van der Waals surface area contributed by atoms with E-state index >= 15 is 0 Å². The van der Waals surface area contributed by atoms with Gasteiger partial charge in [0, 0.05) is 17.3 Å². The van der Waals surface area contributed by atoms with E-state index in [0.29, 0.717) is 23.0 Å². The topological polar surface area (TPSA) is 76.7 Å². The molecule has 0 aliphatic heterocycles. The SMILES string of the molecule is COc1ccc(OCC(=O)Nc2cccc(C(=O)NC3CC3)c2)cc1. The van der Waals surface area contributed by atoms with E-state index in [2.05, 4.69) is 10.6 Å². The highest BCUT2D eigenvalue weighted by Crippen LogP contribution is 2.20. The monoisotopic (exact) mass is 340 g/mol. The summed E-state index contributed by atoms with van der Waals surface area (Å²) >= 11 is 0. The van der Waals surface area contributed by atoms with Crippen LogP contribution in [0, 0.1) is 0 Å². The summed E-state index contributed by atoms with van der Waals surface area (Å²) < 4.78 is 10.5. The lowest BCUT2D eigenvalue weighted by molar-refractivity contribution is -0.118. The zero-order chi connectivity index (χ0) is 17.6. The molecule has 2 aromatic rings. The molecule has 25 heavy (non-hydrogen) atoms. The highest BCUT2D eigenvalue weighted by atomic mass is 16.5. The molecule has 0 unspecified atom stereocenters. The molecule has 1 saturated carbocycles. The van der Waals surface area contributed by atoms with Crippen LogP contribution in [0.25, 0.3) is 0 Å². The fraction of sp³-hybridized carbons (Fsp3) is 0.263. The first-order valence-corrected chi connectivity index (χ1v) is 8.11. The molecule has 0 bridgehead atoms. The number of methoxy groups -OCH3 is 1. The molecule has 3 rings (SSSR count). The molecular formula is C19H20N2O4. The van der Waals surface area contributed by atoms with Crippen molar-refractivity contribution in [2.24, 2.45) is 0 Å². The molecule has 0 aromatic heterocycles. The molecule has 0 heterocycles. The van der Waals surface area contributed by atoms with Crippen LogP contribution in [0.2, 0.25) is 0 Å². The van der Waals surface area contributed by atoms with Gasteiger partial charge in [-0.15, -0.1) is 0 Å². The zero-order valence-corrected chi connectivity index (χ0v) is 14.0. The van der Waals surface area contributed by atoms with Gasteiger partial charge in [-0.2, -0.15) is 0 Å². The molecule has 0 radical (unpaired) electrons. The van der Waals surface area contributed by atoms with Crippen molar-refractivity contribution in [3.8, 4) is 11.5 Å². The Morgan fingerprint density at radius 3 is 2.48 bits per heavy atom. The largest absolute Gasteiger partial charge is 0.497 e. The number of rotatable bonds is 7. The van der Waals surface area contributed by atoms with E-state index in [4.69, 9.17) is 9.47 Å². The fourth-order valence-electron chi connectivity index (χ4n) is 2.25. The summed E-state index contributed by atoms with van der Waals surface area (Å²) in [6.07, 6.45) is 2.07. The van der Waals surface area contributed by atoms with Gasteiger partial charge in [-0.25, -0.2) is 0 Å². The number of hydrogen-bond acceptors (Lipinski definition) is 4. The summed E-state index contributed by atoms with van der Waals surface area (Å²) in [6.45, 7) is -0.120. The van der Waals surface area contributed by atoms with Crippen LogP contribution in [0.1, 0.15) is 23.2 Å². The van der Waals surface area contributed by atoms with Crippen molar-refractivity contribution >= 4 is 17.5 Å². The first-order valence-electron chi connectivity index (χ1n) is 8.11. The Morgan fingerprint density at radius 2 is 1.80 bits per heavy atom. The van der Waals surface area contributed by atoms with Gasteiger partial charge in [-0.1, -0.05) is 6.07 Å². The van der Waals surface area contributed by atoms with Gasteiger partial charge >= 0.3 is 0 Å². The van der Waals surface area contributed by atoms with E-state index in [1.165, 1.54) is 0 Å². The lowest BCUT2D eigenvalue weighted by atomic mass is 10.2. The van der Waals surface area contributed by atoms with Crippen molar-refractivity contribution in [1.82, 2.24) is 5.32 Å². The number of amides is 2. The van der Waals surface area contributed by atoms with E-state index in [-0.39, 0.29) is 18.4 Å². The standard InChI is InChI=1S/C19H20N2O4/c1-24-16-7-9-17(10-8-16)25-12-18(22)20-15-4-2-3-13(11-15)19(23)21-14-5-6-14/h2-4,7-11,14H,5-6,12H2,1H3,(H,20,22)(H,21,23). The first-order chi connectivity index (χ1) is 12.1. The number of carbonyl (C=O) groups is 2. The predicted octanol–water partition coefficient (Wildman–Crippen LogP) is 2.60. The number of ether oxygens (including phenoxy) is 2. The lowest BCUT2D eigenvalue weighted by Crippen LogP contribution is -2.25. The van der Waals surface area contributed by atoms with E-state index in [0.717, 1.165) is 18.6 Å². The maximum Gasteiger partial charge on any atom is 0.262 e. The quantitative estimate of drug-likeness (QED) is 0.812. The minimum Gasteiger partial charge on any atom is -0.497 e. The molecule has 6 nitrogen and oxygen atoms in total. The summed E-state index contributed by atoms with van der Waals surface area (Å²) in [5, 5.41) is 5.65. The van der Waals surface area contributed by atoms with Gasteiger partial charge < -0.3 is 20.1 Å². The van der Waals surface area contributed by atoms with Crippen LogP contribution in [0.15, 0.2) is 48.5 Å². The average molecular weight is 340 g/mol. The van der Waals surface area contributed by atoms with Gasteiger partial charge in [0.15, 0.2) is 6.61 Å². The summed E-state index contributed by atoms with van der Waals surface area (Å²) in [5.41, 5.74) is 1.09. The van der Waals surface area contributed by atoms with E-state index in [9.17, 15) is 9.59 Å².